The van der Waals surface area contributed by atoms with Gasteiger partial charge in [0.1, 0.15) is 13.2 Å². The Balaban J connectivity index is 4.04. The predicted molar refractivity (Wildman–Crippen MR) is 307 cm³/mol. The molecule has 0 aliphatic heterocycles. The molecule has 0 fully saturated rings. The molecule has 71 heavy (non-hydrogen) atoms. The maximum Gasteiger partial charge on any atom is 0.306 e. The van der Waals surface area contributed by atoms with Crippen LogP contribution in [0.2, 0.25) is 0 Å². The van der Waals surface area contributed by atoms with Gasteiger partial charge in [0.25, 0.3) is 0 Å². The smallest absolute Gasteiger partial charge is 0.306 e. The molecule has 0 saturated heterocycles. The number of hydrogen-bond acceptors (Lipinski definition) is 6. The number of unbranched alkanes of at least 4 members (excludes halogenated alkanes) is 38. The second kappa shape index (κ2) is 59.9. The summed E-state index contributed by atoms with van der Waals surface area (Å²) in [5.74, 6) is -0.969. The Morgan fingerprint density at radius 1 is 0.296 bits per heavy atom. The first-order valence-corrected chi connectivity index (χ1v) is 31.1. The summed E-state index contributed by atoms with van der Waals surface area (Å²) in [6, 6.07) is 0. The van der Waals surface area contributed by atoms with E-state index in [1.807, 2.05) is 6.08 Å². The number of rotatable bonds is 57. The number of ether oxygens (including phenoxy) is 3. The van der Waals surface area contributed by atoms with Crippen LogP contribution in [-0.4, -0.2) is 37.2 Å². The molecular formula is C65H118O6. The molecule has 0 saturated carbocycles. The van der Waals surface area contributed by atoms with E-state index < -0.39 is 6.10 Å². The highest BCUT2D eigenvalue weighted by molar-refractivity contribution is 5.71. The van der Waals surface area contributed by atoms with E-state index in [-0.39, 0.29) is 37.5 Å². The Labute approximate surface area is 441 Å². The van der Waals surface area contributed by atoms with Gasteiger partial charge in [-0.15, -0.1) is 0 Å². The lowest BCUT2D eigenvalue weighted by atomic mass is 10.0. The molecule has 0 spiro atoms. The molecule has 0 N–H and O–H groups in total. The molecule has 0 rings (SSSR count). The van der Waals surface area contributed by atoms with Gasteiger partial charge in [0.2, 0.25) is 0 Å². The van der Waals surface area contributed by atoms with Gasteiger partial charge in [0, 0.05) is 19.3 Å². The highest BCUT2D eigenvalue weighted by Crippen LogP contribution is 2.18. The van der Waals surface area contributed by atoms with E-state index in [0.717, 1.165) is 64.2 Å². The van der Waals surface area contributed by atoms with E-state index in [9.17, 15) is 14.4 Å². The first kappa shape index (κ1) is 68.4. The van der Waals surface area contributed by atoms with Gasteiger partial charge in [-0.1, -0.05) is 313 Å². The number of carbonyl (C=O) groups excluding carboxylic acids is 3. The van der Waals surface area contributed by atoms with Crippen LogP contribution in [-0.2, 0) is 28.6 Å². The lowest BCUT2D eigenvalue weighted by Gasteiger charge is -2.18. The average Bonchev–Trinajstić information content (AvgIpc) is 3.37. The summed E-state index contributed by atoms with van der Waals surface area (Å²) in [6.45, 7) is 6.48. The Morgan fingerprint density at radius 2 is 0.549 bits per heavy atom. The van der Waals surface area contributed by atoms with Crippen LogP contribution in [0, 0.1) is 0 Å². The Bertz CT molecular complexity index is 1230. The van der Waals surface area contributed by atoms with Crippen LogP contribution < -0.4 is 0 Å². The summed E-state index contributed by atoms with van der Waals surface area (Å²) in [5.41, 5.74) is 0. The molecule has 0 aromatic heterocycles. The molecule has 6 nitrogen and oxygen atoms in total. The average molecular weight is 996 g/mol. The zero-order chi connectivity index (χ0) is 51.4. The van der Waals surface area contributed by atoms with Crippen molar-refractivity contribution in [2.24, 2.45) is 0 Å². The highest BCUT2D eigenvalue weighted by atomic mass is 16.6. The zero-order valence-corrected chi connectivity index (χ0v) is 47.5. The number of carbonyl (C=O) groups is 3. The van der Waals surface area contributed by atoms with Crippen molar-refractivity contribution < 1.29 is 28.6 Å². The van der Waals surface area contributed by atoms with Crippen molar-refractivity contribution in [3.05, 3.63) is 48.6 Å². The highest BCUT2D eigenvalue weighted by Gasteiger charge is 2.19. The van der Waals surface area contributed by atoms with E-state index in [0.29, 0.717) is 19.3 Å². The summed E-state index contributed by atoms with van der Waals surface area (Å²) < 4.78 is 16.7. The Morgan fingerprint density at radius 3 is 0.831 bits per heavy atom. The molecule has 0 aromatic rings. The number of hydrogen-bond donors (Lipinski definition) is 0. The van der Waals surface area contributed by atoms with Gasteiger partial charge in [-0.2, -0.15) is 0 Å². The topological polar surface area (TPSA) is 78.9 Å². The van der Waals surface area contributed by atoms with Crippen molar-refractivity contribution in [2.75, 3.05) is 13.2 Å². The lowest BCUT2D eigenvalue weighted by Crippen LogP contribution is -2.30. The van der Waals surface area contributed by atoms with Crippen LogP contribution in [0.3, 0.4) is 0 Å². The quantitative estimate of drug-likeness (QED) is 0.0261. The first-order valence-electron chi connectivity index (χ1n) is 31.1. The van der Waals surface area contributed by atoms with Gasteiger partial charge >= 0.3 is 17.9 Å². The fraction of sp³-hybridized carbons (Fsp3) is 0.831. The maximum atomic E-state index is 12.8. The largest absolute Gasteiger partial charge is 0.462 e. The molecule has 414 valence electrons. The van der Waals surface area contributed by atoms with E-state index in [2.05, 4.69) is 63.3 Å². The van der Waals surface area contributed by atoms with Crippen molar-refractivity contribution in [3.63, 3.8) is 0 Å². The molecule has 0 radical (unpaired) electrons. The van der Waals surface area contributed by atoms with Crippen molar-refractivity contribution in [3.8, 4) is 0 Å². The van der Waals surface area contributed by atoms with Gasteiger partial charge < -0.3 is 14.2 Å². The predicted octanol–water partition coefficient (Wildman–Crippen LogP) is 21.0. The molecule has 0 aliphatic rings. The van der Waals surface area contributed by atoms with Crippen molar-refractivity contribution >= 4 is 17.9 Å². The summed E-state index contributed by atoms with van der Waals surface area (Å²) in [7, 11) is 0. The molecule has 0 amide bonds. The molecule has 0 aromatic carbocycles. The summed E-state index contributed by atoms with van der Waals surface area (Å²) in [5, 5.41) is 0. The molecule has 1 unspecified atom stereocenters. The minimum atomic E-state index is -0.806. The van der Waals surface area contributed by atoms with Crippen LogP contribution in [0.25, 0.3) is 0 Å². The lowest BCUT2D eigenvalue weighted by molar-refractivity contribution is -0.166. The fourth-order valence-electron chi connectivity index (χ4n) is 9.22. The molecule has 1 atom stereocenters. The van der Waals surface area contributed by atoms with Gasteiger partial charge in [-0.3, -0.25) is 14.4 Å². The molecular weight excluding hydrogens is 877 g/mol. The van der Waals surface area contributed by atoms with Crippen molar-refractivity contribution in [1.82, 2.24) is 0 Å². The Hall–Kier alpha value is -2.63. The summed E-state index contributed by atoms with van der Waals surface area (Å²) in [6.07, 6.45) is 74.6. The van der Waals surface area contributed by atoms with E-state index in [1.165, 1.54) is 218 Å². The fourth-order valence-corrected chi connectivity index (χ4v) is 9.22. The first-order chi connectivity index (χ1) is 35.0. The molecule has 6 heteroatoms. The monoisotopic (exact) mass is 995 g/mol. The summed E-state index contributed by atoms with van der Waals surface area (Å²) in [4.78, 5) is 38.0. The van der Waals surface area contributed by atoms with E-state index in [1.54, 1.807) is 0 Å². The molecule has 0 aliphatic carbocycles. The van der Waals surface area contributed by atoms with Gasteiger partial charge in [-0.25, -0.2) is 0 Å². The SMILES string of the molecule is CC/C=C\C/C=C\C/C=C\C/C=C\CCC(=O)OC(COC(=O)CCCCCCCCCCC)COC(=O)CCCCCCCCCCCCCCCCCCCCCCCCCCCCCCCCC. The second-order valence-corrected chi connectivity index (χ2v) is 21.0. The summed E-state index contributed by atoms with van der Waals surface area (Å²) >= 11 is 0. The van der Waals surface area contributed by atoms with Crippen LogP contribution in [0.15, 0.2) is 48.6 Å². The zero-order valence-electron chi connectivity index (χ0n) is 47.5. The van der Waals surface area contributed by atoms with Crippen molar-refractivity contribution in [2.45, 2.75) is 335 Å². The van der Waals surface area contributed by atoms with E-state index in [4.69, 9.17) is 14.2 Å². The number of esters is 3. The number of allylic oxidation sites excluding steroid dienone is 8. The Kier molecular flexibility index (Phi) is 57.7. The molecule has 0 bridgehead atoms. The third kappa shape index (κ3) is 58.1. The minimum absolute atomic E-state index is 0.0978. The third-order valence-electron chi connectivity index (χ3n) is 13.9. The van der Waals surface area contributed by atoms with Crippen LogP contribution >= 0.6 is 0 Å². The van der Waals surface area contributed by atoms with E-state index >= 15 is 0 Å². The minimum Gasteiger partial charge on any atom is -0.462 e. The van der Waals surface area contributed by atoms with Crippen molar-refractivity contribution in [1.29, 1.82) is 0 Å². The van der Waals surface area contributed by atoms with Gasteiger partial charge in [-0.05, 0) is 44.9 Å². The second-order valence-electron chi connectivity index (χ2n) is 21.0. The maximum absolute atomic E-state index is 12.8. The van der Waals surface area contributed by atoms with Crippen LogP contribution in [0.5, 0.6) is 0 Å². The standard InChI is InChI=1S/C65H118O6/c1-4-7-10-13-16-19-21-23-24-25-26-27-28-29-30-31-32-33-34-35-36-37-38-39-40-42-43-46-49-52-55-58-64(67)70-61-62(60-69-63(66)57-54-51-48-45-18-15-12-9-6-3)71-65(68)59-56-53-50-47-44-41-22-20-17-14-11-8-5-2/h8,11,17,20,41,44,50,53,62H,4-7,9-10,12-16,18-19,21-40,42-43,45-49,51-52,54-61H2,1-3H3/b11-8-,20-17-,44-41-,53-50-. The van der Waals surface area contributed by atoms with Crippen LogP contribution in [0.4, 0.5) is 0 Å². The molecule has 0 heterocycles. The third-order valence-corrected chi connectivity index (χ3v) is 13.9. The van der Waals surface area contributed by atoms with Gasteiger partial charge in [0.05, 0.1) is 0 Å². The van der Waals surface area contributed by atoms with Crippen LogP contribution in [0.1, 0.15) is 329 Å². The van der Waals surface area contributed by atoms with Gasteiger partial charge in [0.15, 0.2) is 6.10 Å². The normalized spacial score (nSPS) is 12.3.